The standard InChI is InChI=1S/C19H27NO5/c1-24-16-9-8-14(11-17(16)25-2)15(12-19(22)23)20-18(21)10-7-13-5-3-4-6-13/h8-9,11,13,15H,3-7,10,12H2,1-2H3,(H,20,21)(H,22,23). The van der Waals surface area contributed by atoms with Gasteiger partial charge in [-0.15, -0.1) is 0 Å². The zero-order valence-corrected chi connectivity index (χ0v) is 14.9. The molecule has 1 aliphatic rings. The quantitative estimate of drug-likeness (QED) is 0.714. The van der Waals surface area contributed by atoms with E-state index in [-0.39, 0.29) is 12.3 Å². The average molecular weight is 349 g/mol. The molecule has 2 rings (SSSR count). The number of carboxylic acids is 1. The van der Waals surface area contributed by atoms with E-state index in [9.17, 15) is 14.7 Å². The first kappa shape index (κ1) is 19.1. The predicted octanol–water partition coefficient (Wildman–Crippen LogP) is 3.31. The molecule has 1 aliphatic carbocycles. The highest BCUT2D eigenvalue weighted by Crippen LogP contribution is 2.31. The molecule has 25 heavy (non-hydrogen) atoms. The Morgan fingerprint density at radius 3 is 2.48 bits per heavy atom. The molecule has 6 heteroatoms. The number of carbonyl (C=O) groups excluding carboxylic acids is 1. The summed E-state index contributed by atoms with van der Waals surface area (Å²) in [7, 11) is 3.06. The number of benzene rings is 1. The molecule has 0 aromatic heterocycles. The van der Waals surface area contributed by atoms with E-state index in [2.05, 4.69) is 5.32 Å². The summed E-state index contributed by atoms with van der Waals surface area (Å²) in [4.78, 5) is 23.5. The van der Waals surface area contributed by atoms with Crippen molar-refractivity contribution in [1.82, 2.24) is 5.32 Å². The van der Waals surface area contributed by atoms with Crippen LogP contribution in [-0.2, 0) is 9.59 Å². The van der Waals surface area contributed by atoms with Crippen LogP contribution >= 0.6 is 0 Å². The van der Waals surface area contributed by atoms with Crippen molar-refractivity contribution >= 4 is 11.9 Å². The average Bonchev–Trinajstić information content (AvgIpc) is 3.12. The number of nitrogens with one attached hydrogen (secondary N) is 1. The second-order valence-corrected chi connectivity index (χ2v) is 6.52. The van der Waals surface area contributed by atoms with Crippen LogP contribution in [0.3, 0.4) is 0 Å². The molecule has 1 fully saturated rings. The van der Waals surface area contributed by atoms with Crippen molar-refractivity contribution in [2.75, 3.05) is 14.2 Å². The van der Waals surface area contributed by atoms with Gasteiger partial charge >= 0.3 is 5.97 Å². The van der Waals surface area contributed by atoms with Gasteiger partial charge in [0.2, 0.25) is 5.91 Å². The van der Waals surface area contributed by atoms with Crippen LogP contribution in [-0.4, -0.2) is 31.2 Å². The van der Waals surface area contributed by atoms with E-state index < -0.39 is 12.0 Å². The molecule has 1 aromatic rings. The summed E-state index contributed by atoms with van der Waals surface area (Å²) in [5, 5.41) is 12.0. The van der Waals surface area contributed by atoms with E-state index in [1.807, 2.05) is 0 Å². The van der Waals surface area contributed by atoms with E-state index in [0.29, 0.717) is 29.4 Å². The predicted molar refractivity (Wildman–Crippen MR) is 93.9 cm³/mol. The van der Waals surface area contributed by atoms with Crippen LogP contribution < -0.4 is 14.8 Å². The van der Waals surface area contributed by atoms with Crippen LogP contribution in [0.2, 0.25) is 0 Å². The Morgan fingerprint density at radius 1 is 1.20 bits per heavy atom. The summed E-state index contributed by atoms with van der Waals surface area (Å²) in [6, 6.07) is 4.59. The van der Waals surface area contributed by atoms with E-state index in [1.54, 1.807) is 18.2 Å². The van der Waals surface area contributed by atoms with E-state index in [1.165, 1.54) is 39.9 Å². The first-order valence-corrected chi connectivity index (χ1v) is 8.76. The van der Waals surface area contributed by atoms with E-state index in [4.69, 9.17) is 9.47 Å². The monoisotopic (exact) mass is 349 g/mol. The summed E-state index contributed by atoms with van der Waals surface area (Å²) >= 11 is 0. The summed E-state index contributed by atoms with van der Waals surface area (Å²) in [6.45, 7) is 0. The van der Waals surface area contributed by atoms with Gasteiger partial charge in [-0.05, 0) is 30.0 Å². The molecule has 0 aliphatic heterocycles. The van der Waals surface area contributed by atoms with Gasteiger partial charge in [-0.1, -0.05) is 31.7 Å². The highest BCUT2D eigenvalue weighted by atomic mass is 16.5. The summed E-state index contributed by atoms with van der Waals surface area (Å²) in [5.74, 6) is 0.636. The molecule has 0 radical (unpaired) electrons. The second kappa shape index (κ2) is 9.30. The van der Waals surface area contributed by atoms with Gasteiger partial charge in [-0.3, -0.25) is 9.59 Å². The van der Waals surface area contributed by atoms with Crippen LogP contribution in [0.15, 0.2) is 18.2 Å². The first-order valence-electron chi connectivity index (χ1n) is 8.76. The Hall–Kier alpha value is -2.24. The number of hydrogen-bond donors (Lipinski definition) is 2. The van der Waals surface area contributed by atoms with Crippen LogP contribution in [0.1, 0.15) is 56.6 Å². The minimum absolute atomic E-state index is 0.104. The number of hydrogen-bond acceptors (Lipinski definition) is 4. The molecular formula is C19H27NO5. The van der Waals surface area contributed by atoms with Crippen molar-refractivity contribution in [1.29, 1.82) is 0 Å². The maximum absolute atomic E-state index is 12.3. The smallest absolute Gasteiger partial charge is 0.305 e. The number of aliphatic carboxylic acids is 1. The van der Waals surface area contributed by atoms with Crippen molar-refractivity contribution in [3.63, 3.8) is 0 Å². The van der Waals surface area contributed by atoms with E-state index >= 15 is 0 Å². The number of rotatable bonds is 9. The fourth-order valence-electron chi connectivity index (χ4n) is 3.40. The molecule has 0 bridgehead atoms. The third kappa shape index (κ3) is 5.66. The third-order valence-electron chi connectivity index (χ3n) is 4.78. The van der Waals surface area contributed by atoms with Crippen molar-refractivity contribution in [3.05, 3.63) is 23.8 Å². The maximum atomic E-state index is 12.3. The van der Waals surface area contributed by atoms with Gasteiger partial charge in [0, 0.05) is 6.42 Å². The Morgan fingerprint density at radius 2 is 1.88 bits per heavy atom. The molecule has 1 unspecified atom stereocenters. The fraction of sp³-hybridized carbons (Fsp3) is 0.579. The highest BCUT2D eigenvalue weighted by Gasteiger charge is 2.21. The molecular weight excluding hydrogens is 322 g/mol. The van der Waals surface area contributed by atoms with Gasteiger partial charge < -0.3 is 19.9 Å². The van der Waals surface area contributed by atoms with Gasteiger partial charge in [0.25, 0.3) is 0 Å². The zero-order chi connectivity index (χ0) is 18.2. The lowest BCUT2D eigenvalue weighted by Crippen LogP contribution is -2.30. The number of methoxy groups -OCH3 is 2. The third-order valence-corrected chi connectivity index (χ3v) is 4.78. The van der Waals surface area contributed by atoms with E-state index in [0.717, 1.165) is 6.42 Å². The molecule has 6 nitrogen and oxygen atoms in total. The van der Waals surface area contributed by atoms with Crippen LogP contribution in [0, 0.1) is 5.92 Å². The van der Waals surface area contributed by atoms with Crippen molar-refractivity contribution in [3.8, 4) is 11.5 Å². The number of ether oxygens (including phenoxy) is 2. The van der Waals surface area contributed by atoms with Crippen LogP contribution in [0.5, 0.6) is 11.5 Å². The fourth-order valence-corrected chi connectivity index (χ4v) is 3.40. The summed E-state index contributed by atoms with van der Waals surface area (Å²) in [5.41, 5.74) is 0.689. The molecule has 1 saturated carbocycles. The molecule has 1 aromatic carbocycles. The number of carboxylic acid groups (broad SMARTS) is 1. The van der Waals surface area contributed by atoms with Crippen LogP contribution in [0.25, 0.3) is 0 Å². The first-order chi connectivity index (χ1) is 12.0. The summed E-state index contributed by atoms with van der Waals surface area (Å²) < 4.78 is 10.5. The van der Waals surface area contributed by atoms with Gasteiger partial charge in [-0.2, -0.15) is 0 Å². The topological polar surface area (TPSA) is 84.9 Å². The molecule has 0 heterocycles. The second-order valence-electron chi connectivity index (χ2n) is 6.52. The molecule has 0 spiro atoms. The number of amides is 1. The van der Waals surface area contributed by atoms with Crippen molar-refractivity contribution in [2.24, 2.45) is 5.92 Å². The molecule has 1 atom stereocenters. The Balaban J connectivity index is 2.04. The summed E-state index contributed by atoms with van der Waals surface area (Å²) in [6.07, 6.45) is 6.03. The van der Waals surface area contributed by atoms with Gasteiger partial charge in [0.15, 0.2) is 11.5 Å². The normalized spacial score (nSPS) is 15.6. The van der Waals surface area contributed by atoms with Gasteiger partial charge in [-0.25, -0.2) is 0 Å². The maximum Gasteiger partial charge on any atom is 0.305 e. The molecule has 0 saturated heterocycles. The van der Waals surface area contributed by atoms with Gasteiger partial charge in [0.05, 0.1) is 26.7 Å². The largest absolute Gasteiger partial charge is 0.493 e. The molecule has 1 amide bonds. The SMILES string of the molecule is COc1ccc(C(CC(=O)O)NC(=O)CCC2CCCC2)cc1OC. The zero-order valence-electron chi connectivity index (χ0n) is 14.9. The lowest BCUT2D eigenvalue weighted by molar-refractivity contribution is -0.137. The molecule has 138 valence electrons. The lowest BCUT2D eigenvalue weighted by Gasteiger charge is -2.19. The van der Waals surface area contributed by atoms with Crippen LogP contribution in [0.4, 0.5) is 0 Å². The van der Waals surface area contributed by atoms with Gasteiger partial charge in [0.1, 0.15) is 0 Å². The minimum Gasteiger partial charge on any atom is -0.493 e. The highest BCUT2D eigenvalue weighted by molar-refractivity contribution is 5.77. The van der Waals surface area contributed by atoms with Crippen molar-refractivity contribution in [2.45, 2.75) is 51.0 Å². The molecule has 2 N–H and O–H groups in total. The Bertz CT molecular complexity index is 595. The minimum atomic E-state index is -0.962. The number of carbonyl (C=O) groups is 2. The Kier molecular flexibility index (Phi) is 7.10. The Labute approximate surface area is 148 Å². The van der Waals surface area contributed by atoms with Crippen molar-refractivity contribution < 1.29 is 24.2 Å². The lowest BCUT2D eigenvalue weighted by atomic mass is 10.00.